The second-order valence-corrected chi connectivity index (χ2v) is 5.44. The number of amides is 2. The normalized spacial score (nSPS) is 13.3. The molecule has 2 amide bonds. The molecule has 1 aromatic carbocycles. The van der Waals surface area contributed by atoms with Crippen molar-refractivity contribution in [3.05, 3.63) is 40.1 Å². The quantitative estimate of drug-likeness (QED) is 0.688. The van der Waals surface area contributed by atoms with Crippen molar-refractivity contribution in [1.29, 1.82) is 0 Å². The summed E-state index contributed by atoms with van der Waals surface area (Å²) in [5.41, 5.74) is 1.12. The molecule has 2 aromatic rings. The summed E-state index contributed by atoms with van der Waals surface area (Å²) in [5.74, 6) is 0.969. The molecule has 9 heteroatoms. The van der Waals surface area contributed by atoms with E-state index < -0.39 is 4.92 Å². The summed E-state index contributed by atoms with van der Waals surface area (Å²) < 4.78 is 6.94. The zero-order valence-corrected chi connectivity index (χ0v) is 13.4. The number of nitro groups is 1. The van der Waals surface area contributed by atoms with Gasteiger partial charge >= 0.3 is 6.03 Å². The molecule has 0 radical (unpaired) electrons. The first kappa shape index (κ1) is 15.8. The molecule has 3 rings (SSSR count). The van der Waals surface area contributed by atoms with Crippen LogP contribution < -0.4 is 15.0 Å². The van der Waals surface area contributed by atoms with Gasteiger partial charge in [-0.25, -0.2) is 9.48 Å². The highest BCUT2D eigenvalue weighted by atomic mass is 16.6. The van der Waals surface area contributed by atoms with Crippen molar-refractivity contribution in [1.82, 2.24) is 9.78 Å². The molecule has 1 aliphatic heterocycles. The Balaban J connectivity index is 1.84. The summed E-state index contributed by atoms with van der Waals surface area (Å²) in [5, 5.41) is 17.9. The number of benzene rings is 1. The summed E-state index contributed by atoms with van der Waals surface area (Å²) in [7, 11) is 1.40. The summed E-state index contributed by atoms with van der Waals surface area (Å²) in [6, 6.07) is 5.58. The van der Waals surface area contributed by atoms with Crippen molar-refractivity contribution >= 4 is 23.2 Å². The number of nitrogens with zero attached hydrogens (tertiary/aromatic N) is 4. The number of carbonyl (C=O) groups is 1. The van der Waals surface area contributed by atoms with Crippen LogP contribution in [0.25, 0.3) is 0 Å². The molecule has 9 nitrogen and oxygen atoms in total. The topological polar surface area (TPSA) is 103 Å². The molecule has 0 fully saturated rings. The van der Waals surface area contributed by atoms with Crippen LogP contribution in [0.4, 0.5) is 22.0 Å². The number of carbonyl (C=O) groups excluding carboxylic acids is 1. The van der Waals surface area contributed by atoms with Crippen molar-refractivity contribution < 1.29 is 14.5 Å². The van der Waals surface area contributed by atoms with Gasteiger partial charge in [0, 0.05) is 25.2 Å². The maximum atomic E-state index is 12.6. The third kappa shape index (κ3) is 2.87. The van der Waals surface area contributed by atoms with Gasteiger partial charge < -0.3 is 10.1 Å². The molecular formula is C15H17N5O4. The van der Waals surface area contributed by atoms with E-state index in [0.29, 0.717) is 12.2 Å². The van der Waals surface area contributed by atoms with Crippen LogP contribution in [0.5, 0.6) is 5.75 Å². The summed E-state index contributed by atoms with van der Waals surface area (Å²) in [4.78, 5) is 24.5. The number of fused-ring (bicyclic) bond motifs is 1. The Morgan fingerprint density at radius 1 is 1.38 bits per heavy atom. The number of aryl methyl sites for hydroxylation is 2. The van der Waals surface area contributed by atoms with Gasteiger partial charge in [0.25, 0.3) is 5.69 Å². The summed E-state index contributed by atoms with van der Waals surface area (Å²) >= 11 is 0. The van der Waals surface area contributed by atoms with Gasteiger partial charge in [0.1, 0.15) is 11.6 Å². The third-order valence-electron chi connectivity index (χ3n) is 3.79. The predicted octanol–water partition coefficient (Wildman–Crippen LogP) is 2.55. The Bertz CT molecular complexity index is 801. The molecule has 0 saturated heterocycles. The van der Waals surface area contributed by atoms with Crippen LogP contribution in [-0.2, 0) is 6.54 Å². The second kappa shape index (κ2) is 6.19. The van der Waals surface area contributed by atoms with Crippen molar-refractivity contribution in [2.45, 2.75) is 19.9 Å². The van der Waals surface area contributed by atoms with Crippen LogP contribution in [0.2, 0.25) is 0 Å². The standard InChI is InChI=1S/C15H17N5O4/c1-10-8-14-18(6-3-7-19(14)17-10)15(21)16-12-5-4-11(20(22)23)9-13(12)24-2/h4-5,8-9H,3,6-7H2,1-2H3,(H,16,21). The SMILES string of the molecule is COc1cc([N+](=O)[O-])ccc1NC(=O)N1CCCn2nc(C)cc21. The van der Waals surface area contributed by atoms with E-state index in [9.17, 15) is 14.9 Å². The van der Waals surface area contributed by atoms with Crippen LogP contribution in [0, 0.1) is 17.0 Å². The van der Waals surface area contributed by atoms with E-state index in [4.69, 9.17) is 4.74 Å². The van der Waals surface area contributed by atoms with E-state index in [2.05, 4.69) is 10.4 Å². The molecule has 1 aromatic heterocycles. The number of ether oxygens (including phenoxy) is 1. The fourth-order valence-electron chi connectivity index (χ4n) is 2.69. The molecule has 24 heavy (non-hydrogen) atoms. The number of hydrogen-bond acceptors (Lipinski definition) is 5. The minimum Gasteiger partial charge on any atom is -0.494 e. The first-order valence-electron chi connectivity index (χ1n) is 7.45. The number of methoxy groups -OCH3 is 1. The first-order chi connectivity index (χ1) is 11.5. The lowest BCUT2D eigenvalue weighted by Gasteiger charge is -2.27. The van der Waals surface area contributed by atoms with Gasteiger partial charge in [-0.05, 0) is 19.4 Å². The van der Waals surface area contributed by atoms with Gasteiger partial charge in [0.15, 0.2) is 0 Å². The van der Waals surface area contributed by atoms with Gasteiger partial charge in [-0.2, -0.15) is 5.10 Å². The van der Waals surface area contributed by atoms with E-state index in [-0.39, 0.29) is 17.5 Å². The number of hydrogen-bond donors (Lipinski definition) is 1. The maximum Gasteiger partial charge on any atom is 0.327 e. The summed E-state index contributed by atoms with van der Waals surface area (Å²) in [6.45, 7) is 3.22. The Morgan fingerprint density at radius 3 is 2.88 bits per heavy atom. The molecule has 0 spiro atoms. The van der Waals surface area contributed by atoms with Crippen LogP contribution in [0.15, 0.2) is 24.3 Å². The van der Waals surface area contributed by atoms with E-state index in [0.717, 1.165) is 24.5 Å². The molecule has 0 bridgehead atoms. The zero-order chi connectivity index (χ0) is 17.3. The Labute approximate surface area is 138 Å². The smallest absolute Gasteiger partial charge is 0.327 e. The van der Waals surface area contributed by atoms with Gasteiger partial charge in [0.05, 0.1) is 29.5 Å². The van der Waals surface area contributed by atoms with Crippen LogP contribution in [0.3, 0.4) is 0 Å². The lowest BCUT2D eigenvalue weighted by Crippen LogP contribution is -2.40. The number of non-ortho nitro benzene ring substituents is 1. The number of urea groups is 1. The molecule has 2 heterocycles. The molecule has 126 valence electrons. The van der Waals surface area contributed by atoms with Crippen LogP contribution >= 0.6 is 0 Å². The molecule has 0 saturated carbocycles. The lowest BCUT2D eigenvalue weighted by molar-refractivity contribution is -0.384. The van der Waals surface area contributed by atoms with Crippen LogP contribution in [-0.4, -0.2) is 34.4 Å². The van der Waals surface area contributed by atoms with E-state index >= 15 is 0 Å². The van der Waals surface area contributed by atoms with E-state index in [1.165, 1.54) is 25.3 Å². The van der Waals surface area contributed by atoms with Gasteiger partial charge in [-0.1, -0.05) is 0 Å². The number of nitro benzene ring substituents is 1. The number of nitrogens with one attached hydrogen (secondary N) is 1. The Kier molecular flexibility index (Phi) is 4.07. The van der Waals surface area contributed by atoms with E-state index in [1.54, 1.807) is 9.58 Å². The van der Waals surface area contributed by atoms with Crippen molar-refractivity contribution in [3.63, 3.8) is 0 Å². The molecule has 1 aliphatic rings. The second-order valence-electron chi connectivity index (χ2n) is 5.44. The largest absolute Gasteiger partial charge is 0.494 e. The van der Waals surface area contributed by atoms with E-state index in [1.807, 2.05) is 13.0 Å². The third-order valence-corrected chi connectivity index (χ3v) is 3.79. The zero-order valence-electron chi connectivity index (χ0n) is 13.4. The van der Waals surface area contributed by atoms with Crippen LogP contribution in [0.1, 0.15) is 12.1 Å². The molecular weight excluding hydrogens is 314 g/mol. The number of aromatic nitrogens is 2. The average Bonchev–Trinajstić information content (AvgIpc) is 2.94. The number of rotatable bonds is 3. The predicted molar refractivity (Wildman–Crippen MR) is 87.6 cm³/mol. The number of anilines is 2. The lowest BCUT2D eigenvalue weighted by atomic mass is 10.2. The molecule has 0 unspecified atom stereocenters. The van der Waals surface area contributed by atoms with Crippen molar-refractivity contribution in [3.8, 4) is 5.75 Å². The average molecular weight is 331 g/mol. The maximum absolute atomic E-state index is 12.6. The fraction of sp³-hybridized carbons (Fsp3) is 0.333. The summed E-state index contributed by atoms with van der Waals surface area (Å²) in [6.07, 6.45) is 0.805. The monoisotopic (exact) mass is 331 g/mol. The minimum atomic E-state index is -0.514. The van der Waals surface area contributed by atoms with Crippen molar-refractivity contribution in [2.75, 3.05) is 23.9 Å². The Hall–Kier alpha value is -3.10. The highest BCUT2D eigenvalue weighted by molar-refractivity contribution is 6.02. The highest BCUT2D eigenvalue weighted by Crippen LogP contribution is 2.30. The molecule has 0 atom stereocenters. The molecule has 0 aliphatic carbocycles. The van der Waals surface area contributed by atoms with Gasteiger partial charge in [-0.3, -0.25) is 15.0 Å². The minimum absolute atomic E-state index is 0.100. The van der Waals surface area contributed by atoms with Gasteiger partial charge in [-0.15, -0.1) is 0 Å². The molecule has 1 N–H and O–H groups in total. The highest BCUT2D eigenvalue weighted by Gasteiger charge is 2.25. The fourth-order valence-corrected chi connectivity index (χ4v) is 2.69. The first-order valence-corrected chi connectivity index (χ1v) is 7.45. The van der Waals surface area contributed by atoms with Crippen molar-refractivity contribution in [2.24, 2.45) is 0 Å². The van der Waals surface area contributed by atoms with Gasteiger partial charge in [0.2, 0.25) is 0 Å². The Morgan fingerprint density at radius 2 is 2.17 bits per heavy atom.